The van der Waals surface area contributed by atoms with Crippen molar-refractivity contribution in [2.45, 2.75) is 45.6 Å². The molecule has 0 aromatic heterocycles. The summed E-state index contributed by atoms with van der Waals surface area (Å²) in [6.45, 7) is 9.26. The Morgan fingerprint density at radius 1 is 0.966 bits per heavy atom. The van der Waals surface area contributed by atoms with Crippen LogP contribution in [0.2, 0.25) is 0 Å². The van der Waals surface area contributed by atoms with Gasteiger partial charge in [0.25, 0.3) is 0 Å². The van der Waals surface area contributed by atoms with Crippen LogP contribution in [-0.4, -0.2) is 25.8 Å². The highest BCUT2D eigenvalue weighted by molar-refractivity contribution is 7.87. The number of amides is 1. The fourth-order valence-electron chi connectivity index (χ4n) is 2.82. The number of nitrogens with zero attached hydrogens (tertiary/aromatic N) is 1. The van der Waals surface area contributed by atoms with Crippen molar-refractivity contribution in [1.82, 2.24) is 4.90 Å². The van der Waals surface area contributed by atoms with Crippen molar-refractivity contribution in [3.63, 3.8) is 0 Å². The van der Waals surface area contributed by atoms with Crippen LogP contribution in [0.3, 0.4) is 0 Å². The minimum absolute atomic E-state index is 0.105. The van der Waals surface area contributed by atoms with Gasteiger partial charge in [-0.15, -0.1) is 0 Å². The van der Waals surface area contributed by atoms with Gasteiger partial charge in [-0.2, -0.15) is 8.42 Å². The Labute approximate surface area is 172 Å². The molecular weight excluding hydrogens is 393 g/mol. The van der Waals surface area contributed by atoms with E-state index < -0.39 is 15.9 Å². The molecule has 0 aliphatic carbocycles. The normalized spacial score (nSPS) is 11.7. The number of carbonyl (C=O) groups is 1. The highest BCUT2D eigenvalue weighted by Gasteiger charge is 2.18. The predicted octanol–water partition coefficient (Wildman–Crippen LogP) is 4.62. The molecule has 7 heteroatoms. The Kier molecular flexibility index (Phi) is 7.79. The number of hydrogen-bond acceptors (Lipinski definition) is 4. The van der Waals surface area contributed by atoms with Gasteiger partial charge in [0, 0.05) is 19.5 Å². The van der Waals surface area contributed by atoms with E-state index in [1.165, 1.54) is 0 Å². The molecule has 0 radical (unpaired) electrons. The van der Waals surface area contributed by atoms with Crippen LogP contribution in [0.25, 0.3) is 0 Å². The zero-order chi connectivity index (χ0) is 21.6. The van der Waals surface area contributed by atoms with Crippen LogP contribution >= 0.6 is 0 Å². The molecule has 0 aliphatic rings. The van der Waals surface area contributed by atoms with Gasteiger partial charge in [0.15, 0.2) is 0 Å². The Hall–Kier alpha value is -2.41. The summed E-state index contributed by atoms with van der Waals surface area (Å²) in [6.07, 6.45) is 0.490. The molecule has 5 nitrogen and oxygen atoms in total. The van der Waals surface area contributed by atoms with Crippen molar-refractivity contribution in [1.29, 1.82) is 0 Å². The van der Waals surface area contributed by atoms with Crippen molar-refractivity contribution in [2.75, 3.05) is 6.54 Å². The second-order valence-corrected chi connectivity index (χ2v) is 9.45. The second kappa shape index (κ2) is 9.87. The minimum atomic E-state index is -4.04. The molecule has 0 aliphatic heterocycles. The molecule has 0 fully saturated rings. The molecule has 0 N–H and O–H groups in total. The predicted molar refractivity (Wildman–Crippen MR) is 110 cm³/mol. The number of hydrogen-bond donors (Lipinski definition) is 0. The second-order valence-electron chi connectivity index (χ2n) is 7.90. The number of carbonyl (C=O) groups excluding carboxylic acids is 1. The van der Waals surface area contributed by atoms with Crippen molar-refractivity contribution in [3.8, 4) is 5.75 Å². The van der Waals surface area contributed by atoms with Crippen LogP contribution in [0.15, 0.2) is 53.4 Å². The first-order chi connectivity index (χ1) is 13.6. The molecule has 0 bridgehead atoms. The summed E-state index contributed by atoms with van der Waals surface area (Å²) in [5, 5.41) is 0. The van der Waals surface area contributed by atoms with E-state index in [1.807, 2.05) is 18.7 Å². The maximum Gasteiger partial charge on any atom is 0.339 e. The molecule has 158 valence electrons. The van der Waals surface area contributed by atoms with Crippen molar-refractivity contribution >= 4 is 16.0 Å². The standard InChI is InChI=1S/C22H28FNO4S/c1-16(2)13-22(25)24(14-17(3)4)15-18-5-9-20(10-6-18)28-29(26,27)21-11-7-19(23)8-12-21/h5-12,16-17H,13-15H2,1-4H3. The van der Waals surface area contributed by atoms with Gasteiger partial charge in [-0.1, -0.05) is 39.8 Å². The Bertz CT molecular complexity index is 907. The summed E-state index contributed by atoms with van der Waals surface area (Å²) >= 11 is 0. The third-order valence-corrected chi connectivity index (χ3v) is 5.39. The van der Waals surface area contributed by atoms with Crippen LogP contribution in [-0.2, 0) is 21.5 Å². The molecule has 29 heavy (non-hydrogen) atoms. The average Bonchev–Trinajstić information content (AvgIpc) is 2.62. The van der Waals surface area contributed by atoms with Gasteiger partial charge < -0.3 is 9.08 Å². The van der Waals surface area contributed by atoms with E-state index in [4.69, 9.17) is 4.18 Å². The summed E-state index contributed by atoms with van der Waals surface area (Å²) in [7, 11) is -4.04. The summed E-state index contributed by atoms with van der Waals surface area (Å²) in [6, 6.07) is 11.0. The van der Waals surface area contributed by atoms with E-state index in [9.17, 15) is 17.6 Å². The van der Waals surface area contributed by atoms with Crippen LogP contribution in [0, 0.1) is 17.7 Å². The van der Waals surface area contributed by atoms with Crippen LogP contribution in [0.1, 0.15) is 39.7 Å². The number of benzene rings is 2. The molecule has 2 aromatic rings. The first-order valence-corrected chi connectivity index (χ1v) is 11.0. The molecule has 0 saturated heterocycles. The van der Waals surface area contributed by atoms with Crippen molar-refractivity contribution in [2.24, 2.45) is 11.8 Å². The van der Waals surface area contributed by atoms with Gasteiger partial charge in [0.1, 0.15) is 16.5 Å². The smallest absolute Gasteiger partial charge is 0.339 e. The summed E-state index contributed by atoms with van der Waals surface area (Å²) in [4.78, 5) is 14.2. The Morgan fingerprint density at radius 2 is 1.55 bits per heavy atom. The first kappa shape index (κ1) is 22.9. The lowest BCUT2D eigenvalue weighted by molar-refractivity contribution is -0.133. The minimum Gasteiger partial charge on any atom is -0.379 e. The topological polar surface area (TPSA) is 63.7 Å². The highest BCUT2D eigenvalue weighted by atomic mass is 32.2. The maximum atomic E-state index is 13.0. The molecule has 0 spiro atoms. The van der Waals surface area contributed by atoms with E-state index in [-0.39, 0.29) is 22.5 Å². The van der Waals surface area contributed by atoms with Gasteiger partial charge in [0.05, 0.1) is 0 Å². The average molecular weight is 422 g/mol. The van der Waals surface area contributed by atoms with Gasteiger partial charge in [-0.05, 0) is 53.8 Å². The van der Waals surface area contributed by atoms with E-state index in [1.54, 1.807) is 24.3 Å². The van der Waals surface area contributed by atoms with Gasteiger partial charge in [-0.25, -0.2) is 4.39 Å². The van der Waals surface area contributed by atoms with E-state index in [2.05, 4.69) is 13.8 Å². The highest BCUT2D eigenvalue weighted by Crippen LogP contribution is 2.21. The molecule has 0 heterocycles. The lowest BCUT2D eigenvalue weighted by Gasteiger charge is -2.25. The third kappa shape index (κ3) is 7.16. The zero-order valence-electron chi connectivity index (χ0n) is 17.3. The van der Waals surface area contributed by atoms with E-state index in [0.717, 1.165) is 29.8 Å². The molecule has 1 amide bonds. The Balaban J connectivity index is 2.09. The van der Waals surface area contributed by atoms with E-state index in [0.29, 0.717) is 25.4 Å². The molecule has 0 unspecified atom stereocenters. The summed E-state index contributed by atoms with van der Waals surface area (Å²) in [5.41, 5.74) is 0.884. The van der Waals surface area contributed by atoms with Crippen molar-refractivity contribution < 1.29 is 21.8 Å². The lowest BCUT2D eigenvalue weighted by Crippen LogP contribution is -2.34. The van der Waals surface area contributed by atoms with Crippen molar-refractivity contribution in [3.05, 3.63) is 59.9 Å². The molecule has 0 atom stereocenters. The zero-order valence-corrected chi connectivity index (χ0v) is 18.1. The van der Waals surface area contributed by atoms with E-state index >= 15 is 0 Å². The SMILES string of the molecule is CC(C)CC(=O)N(Cc1ccc(OS(=O)(=O)c2ccc(F)cc2)cc1)CC(C)C. The molecule has 0 saturated carbocycles. The lowest BCUT2D eigenvalue weighted by atomic mass is 10.1. The largest absolute Gasteiger partial charge is 0.379 e. The van der Waals surface area contributed by atoms with Crippen LogP contribution in [0.4, 0.5) is 4.39 Å². The summed E-state index contributed by atoms with van der Waals surface area (Å²) < 4.78 is 42.7. The van der Waals surface area contributed by atoms with Crippen LogP contribution in [0.5, 0.6) is 5.75 Å². The quantitative estimate of drug-likeness (QED) is 0.554. The molecule has 2 aromatic carbocycles. The fraction of sp³-hybridized carbons (Fsp3) is 0.409. The first-order valence-electron chi connectivity index (χ1n) is 9.63. The number of halogens is 1. The van der Waals surface area contributed by atoms with Gasteiger partial charge >= 0.3 is 10.1 Å². The molecule has 2 rings (SSSR count). The fourth-order valence-corrected chi connectivity index (χ4v) is 3.75. The summed E-state index contributed by atoms with van der Waals surface area (Å²) in [5.74, 6) is 0.361. The third-order valence-electron chi connectivity index (χ3n) is 4.13. The maximum absolute atomic E-state index is 13.0. The molecular formula is C22H28FNO4S. The van der Waals surface area contributed by atoms with Gasteiger partial charge in [0.2, 0.25) is 5.91 Å². The number of rotatable bonds is 9. The van der Waals surface area contributed by atoms with Gasteiger partial charge in [-0.3, -0.25) is 4.79 Å². The monoisotopic (exact) mass is 421 g/mol. The van der Waals surface area contributed by atoms with Crippen LogP contribution < -0.4 is 4.18 Å². The Morgan fingerprint density at radius 3 is 2.07 bits per heavy atom.